The molecule has 3 rings (SSSR count). The summed E-state index contributed by atoms with van der Waals surface area (Å²) >= 11 is 1.48. The van der Waals surface area contributed by atoms with Crippen LogP contribution in [0.25, 0.3) is 0 Å². The zero-order chi connectivity index (χ0) is 16.9. The maximum Gasteiger partial charge on any atom is 0.252 e. The third-order valence-corrected chi connectivity index (χ3v) is 4.85. The number of amides is 2. The maximum absolute atomic E-state index is 12.1. The average molecular weight is 344 g/mol. The summed E-state index contributed by atoms with van der Waals surface area (Å²) in [5, 5.41) is 19.5. The summed E-state index contributed by atoms with van der Waals surface area (Å²) < 4.78 is 0. The van der Waals surface area contributed by atoms with Gasteiger partial charge in [0.25, 0.3) is 5.91 Å². The van der Waals surface area contributed by atoms with Crippen LogP contribution >= 0.6 is 11.3 Å². The van der Waals surface area contributed by atoms with Crippen LogP contribution in [0.3, 0.4) is 0 Å². The lowest BCUT2D eigenvalue weighted by Gasteiger charge is -2.18. The standard InChI is InChI=1S/C18H20N2O3S/c21-15-10-12-4-1-2-5-14(12)17(15)20-16(22)6-3-8-19-18(23)13-7-9-24-11-13/h1-2,4-5,7,9,11,15,17,21H,3,6,8,10H2,(H,19,23)(H,20,22). The summed E-state index contributed by atoms with van der Waals surface area (Å²) in [5.41, 5.74) is 2.72. The van der Waals surface area contributed by atoms with Gasteiger partial charge in [-0.3, -0.25) is 9.59 Å². The zero-order valence-electron chi connectivity index (χ0n) is 13.2. The van der Waals surface area contributed by atoms with Gasteiger partial charge in [0, 0.05) is 30.3 Å². The van der Waals surface area contributed by atoms with Crippen LogP contribution in [0.2, 0.25) is 0 Å². The van der Waals surface area contributed by atoms with Crippen molar-refractivity contribution in [2.75, 3.05) is 6.54 Å². The van der Waals surface area contributed by atoms with Crippen molar-refractivity contribution in [1.29, 1.82) is 0 Å². The number of nitrogens with one attached hydrogen (secondary N) is 2. The van der Waals surface area contributed by atoms with Gasteiger partial charge in [0.05, 0.1) is 12.1 Å². The first-order chi connectivity index (χ1) is 11.6. The fraction of sp³-hybridized carbons (Fsp3) is 0.333. The summed E-state index contributed by atoms with van der Waals surface area (Å²) in [6.07, 6.45) is 0.865. The second-order valence-corrected chi connectivity index (χ2v) is 6.67. The Bertz CT molecular complexity index is 715. The molecule has 2 unspecified atom stereocenters. The van der Waals surface area contributed by atoms with E-state index >= 15 is 0 Å². The molecule has 2 atom stereocenters. The quantitative estimate of drug-likeness (QED) is 0.702. The normalized spacial score (nSPS) is 18.9. The highest BCUT2D eigenvalue weighted by atomic mass is 32.1. The summed E-state index contributed by atoms with van der Waals surface area (Å²) in [5.74, 6) is -0.225. The van der Waals surface area contributed by atoms with Crippen molar-refractivity contribution in [1.82, 2.24) is 10.6 Å². The lowest BCUT2D eigenvalue weighted by atomic mass is 10.1. The highest BCUT2D eigenvalue weighted by Gasteiger charge is 2.31. The number of aliphatic hydroxyl groups is 1. The van der Waals surface area contributed by atoms with Crippen molar-refractivity contribution >= 4 is 23.2 Å². The highest BCUT2D eigenvalue weighted by Crippen LogP contribution is 2.31. The molecule has 3 N–H and O–H groups in total. The zero-order valence-corrected chi connectivity index (χ0v) is 14.0. The lowest BCUT2D eigenvalue weighted by molar-refractivity contribution is -0.122. The van der Waals surface area contributed by atoms with Crippen LogP contribution in [0, 0.1) is 0 Å². The van der Waals surface area contributed by atoms with Crippen LogP contribution in [0.1, 0.15) is 40.4 Å². The van der Waals surface area contributed by atoms with Crippen LogP contribution in [-0.2, 0) is 11.2 Å². The number of carbonyl (C=O) groups is 2. The fourth-order valence-electron chi connectivity index (χ4n) is 2.94. The van der Waals surface area contributed by atoms with Gasteiger partial charge in [-0.2, -0.15) is 11.3 Å². The van der Waals surface area contributed by atoms with Crippen molar-refractivity contribution < 1.29 is 14.7 Å². The molecule has 1 aliphatic rings. The number of thiophene rings is 1. The molecule has 0 aliphatic heterocycles. The molecule has 1 aromatic carbocycles. The summed E-state index contributed by atoms with van der Waals surface area (Å²) in [6.45, 7) is 0.450. The molecule has 0 radical (unpaired) electrons. The van der Waals surface area contributed by atoms with E-state index in [-0.39, 0.29) is 17.9 Å². The Kier molecular flexibility index (Phi) is 5.27. The molecule has 1 heterocycles. The van der Waals surface area contributed by atoms with E-state index in [1.165, 1.54) is 11.3 Å². The minimum atomic E-state index is -0.579. The van der Waals surface area contributed by atoms with Gasteiger partial charge in [-0.15, -0.1) is 0 Å². The molecule has 0 bridgehead atoms. The van der Waals surface area contributed by atoms with Crippen LogP contribution in [0.4, 0.5) is 0 Å². The molecule has 1 aliphatic carbocycles. The van der Waals surface area contributed by atoms with Gasteiger partial charge in [-0.05, 0) is 29.0 Å². The molecule has 2 amide bonds. The average Bonchev–Trinajstić information content (AvgIpc) is 3.20. The molecule has 1 aromatic heterocycles. The van der Waals surface area contributed by atoms with Crippen LogP contribution < -0.4 is 10.6 Å². The van der Waals surface area contributed by atoms with Gasteiger partial charge in [0.1, 0.15) is 0 Å². The fourth-order valence-corrected chi connectivity index (χ4v) is 3.58. The van der Waals surface area contributed by atoms with E-state index in [4.69, 9.17) is 0 Å². The van der Waals surface area contributed by atoms with E-state index in [0.29, 0.717) is 31.4 Å². The predicted molar refractivity (Wildman–Crippen MR) is 92.9 cm³/mol. The van der Waals surface area contributed by atoms with Crippen molar-refractivity contribution in [2.24, 2.45) is 0 Å². The lowest BCUT2D eigenvalue weighted by Crippen LogP contribution is -2.34. The van der Waals surface area contributed by atoms with Gasteiger partial charge >= 0.3 is 0 Å². The van der Waals surface area contributed by atoms with Crippen LogP contribution in [0.15, 0.2) is 41.1 Å². The van der Waals surface area contributed by atoms with Crippen molar-refractivity contribution in [3.05, 3.63) is 57.8 Å². The second-order valence-electron chi connectivity index (χ2n) is 5.89. The van der Waals surface area contributed by atoms with Crippen LogP contribution in [-0.4, -0.2) is 29.6 Å². The second kappa shape index (κ2) is 7.59. The molecular formula is C18H20N2O3S. The molecule has 0 fully saturated rings. The van der Waals surface area contributed by atoms with E-state index in [9.17, 15) is 14.7 Å². The first kappa shape index (κ1) is 16.7. The molecule has 0 saturated heterocycles. The Morgan fingerprint density at radius 2 is 2.08 bits per heavy atom. The first-order valence-electron chi connectivity index (χ1n) is 8.01. The predicted octanol–water partition coefficient (Wildman–Crippen LogP) is 2.03. The van der Waals surface area contributed by atoms with Gasteiger partial charge < -0.3 is 15.7 Å². The summed E-state index contributed by atoms with van der Waals surface area (Å²) in [7, 11) is 0. The number of fused-ring (bicyclic) bond motifs is 1. The van der Waals surface area contributed by atoms with Gasteiger partial charge in [-0.1, -0.05) is 24.3 Å². The van der Waals surface area contributed by atoms with Crippen molar-refractivity contribution in [3.8, 4) is 0 Å². The summed E-state index contributed by atoms with van der Waals surface area (Å²) in [6, 6.07) is 9.20. The number of hydrogen-bond acceptors (Lipinski definition) is 4. The van der Waals surface area contributed by atoms with E-state index in [1.54, 1.807) is 11.4 Å². The Morgan fingerprint density at radius 1 is 1.25 bits per heavy atom. The number of carbonyl (C=O) groups excluding carboxylic acids is 2. The maximum atomic E-state index is 12.1. The Hall–Kier alpha value is -2.18. The largest absolute Gasteiger partial charge is 0.390 e. The van der Waals surface area contributed by atoms with E-state index in [1.807, 2.05) is 29.6 Å². The number of benzene rings is 1. The van der Waals surface area contributed by atoms with E-state index in [2.05, 4.69) is 10.6 Å². The molecule has 0 spiro atoms. The smallest absolute Gasteiger partial charge is 0.252 e. The Labute approximate surface area is 144 Å². The van der Waals surface area contributed by atoms with E-state index in [0.717, 1.165) is 11.1 Å². The molecule has 24 heavy (non-hydrogen) atoms. The van der Waals surface area contributed by atoms with Crippen molar-refractivity contribution in [2.45, 2.75) is 31.4 Å². The first-order valence-corrected chi connectivity index (χ1v) is 8.95. The molecule has 126 valence electrons. The molecular weight excluding hydrogens is 324 g/mol. The van der Waals surface area contributed by atoms with Gasteiger partial charge in [0.2, 0.25) is 5.91 Å². The molecule has 2 aromatic rings. The minimum absolute atomic E-state index is 0.111. The Morgan fingerprint density at radius 3 is 2.88 bits per heavy atom. The van der Waals surface area contributed by atoms with E-state index < -0.39 is 6.10 Å². The summed E-state index contributed by atoms with van der Waals surface area (Å²) in [4.78, 5) is 23.9. The molecule has 5 nitrogen and oxygen atoms in total. The third-order valence-electron chi connectivity index (χ3n) is 4.17. The monoisotopic (exact) mass is 344 g/mol. The SMILES string of the molecule is O=C(CCCNC(=O)c1ccsc1)NC1c2ccccc2CC1O. The van der Waals surface area contributed by atoms with Crippen LogP contribution in [0.5, 0.6) is 0 Å². The number of hydrogen-bond donors (Lipinski definition) is 3. The molecule has 0 saturated carbocycles. The third kappa shape index (κ3) is 3.83. The Balaban J connectivity index is 1.42. The number of aliphatic hydroxyl groups excluding tert-OH is 1. The topological polar surface area (TPSA) is 78.4 Å². The van der Waals surface area contributed by atoms with Gasteiger partial charge in [-0.25, -0.2) is 0 Å². The number of rotatable bonds is 6. The minimum Gasteiger partial charge on any atom is -0.390 e. The highest BCUT2D eigenvalue weighted by molar-refractivity contribution is 7.08. The van der Waals surface area contributed by atoms with Crippen molar-refractivity contribution in [3.63, 3.8) is 0 Å². The van der Waals surface area contributed by atoms with Gasteiger partial charge in [0.15, 0.2) is 0 Å². The molecule has 6 heteroatoms.